The van der Waals surface area contributed by atoms with E-state index in [2.05, 4.69) is 4.90 Å². The first-order valence-electron chi connectivity index (χ1n) is 5.99. The summed E-state index contributed by atoms with van der Waals surface area (Å²) < 4.78 is 17.0. The Balaban J connectivity index is 2.34. The highest BCUT2D eigenvalue weighted by molar-refractivity contribution is 7.84. The van der Waals surface area contributed by atoms with Crippen LogP contribution in [-0.4, -0.2) is 30.7 Å². The van der Waals surface area contributed by atoms with Gasteiger partial charge in [0.05, 0.1) is 28.5 Å². The topological polar surface area (TPSA) is 29.5 Å². The quantitative estimate of drug-likeness (QED) is 0.828. The maximum atomic E-state index is 11.8. The van der Waals surface area contributed by atoms with Gasteiger partial charge in [-0.3, -0.25) is 4.21 Å². The normalized spacial score (nSPS) is 17.9. The molecule has 1 fully saturated rings. The lowest BCUT2D eigenvalue weighted by molar-refractivity contribution is 0.413. The number of piperidine rings is 1. The van der Waals surface area contributed by atoms with Gasteiger partial charge in [0.2, 0.25) is 0 Å². The molecule has 1 atom stereocenters. The zero-order valence-electron chi connectivity index (χ0n) is 10.4. The van der Waals surface area contributed by atoms with Gasteiger partial charge in [-0.05, 0) is 37.5 Å². The number of hydrogen-bond acceptors (Lipinski definition) is 3. The number of hydrogen-bond donors (Lipinski definition) is 0. The maximum absolute atomic E-state index is 11.8. The maximum Gasteiger partial charge on any atom is 0.120 e. The Morgan fingerprint density at radius 1 is 1.24 bits per heavy atom. The monoisotopic (exact) mass is 253 g/mol. The molecular weight excluding hydrogens is 234 g/mol. The molecule has 1 aromatic carbocycles. The summed E-state index contributed by atoms with van der Waals surface area (Å²) in [6, 6.07) is 5.86. The van der Waals surface area contributed by atoms with Crippen molar-refractivity contribution >= 4 is 16.5 Å². The third-order valence-corrected chi connectivity index (χ3v) is 4.12. The zero-order chi connectivity index (χ0) is 12.3. The molecule has 0 spiro atoms. The first kappa shape index (κ1) is 12.4. The first-order valence-corrected chi connectivity index (χ1v) is 7.54. The summed E-state index contributed by atoms with van der Waals surface area (Å²) in [4.78, 5) is 3.21. The molecule has 3 nitrogen and oxygen atoms in total. The van der Waals surface area contributed by atoms with Crippen molar-refractivity contribution in [1.29, 1.82) is 0 Å². The Hall–Kier alpha value is -1.03. The van der Waals surface area contributed by atoms with Crippen LogP contribution < -0.4 is 9.64 Å². The van der Waals surface area contributed by atoms with Gasteiger partial charge < -0.3 is 9.64 Å². The van der Waals surface area contributed by atoms with Gasteiger partial charge in [0.25, 0.3) is 0 Å². The zero-order valence-corrected chi connectivity index (χ0v) is 11.3. The minimum absolute atomic E-state index is 0.774. The fourth-order valence-electron chi connectivity index (χ4n) is 2.25. The highest BCUT2D eigenvalue weighted by atomic mass is 32.2. The van der Waals surface area contributed by atoms with Crippen molar-refractivity contribution in [2.24, 2.45) is 0 Å². The molecule has 0 amide bonds. The SMILES string of the molecule is COc1ccc(N2CCCCC2)c(S(C)=O)c1. The average molecular weight is 253 g/mol. The summed E-state index contributed by atoms with van der Waals surface area (Å²) in [5, 5.41) is 0. The molecule has 17 heavy (non-hydrogen) atoms. The summed E-state index contributed by atoms with van der Waals surface area (Å²) in [7, 11) is 0.661. The van der Waals surface area contributed by atoms with E-state index in [0.29, 0.717) is 0 Å². The molecule has 1 aliphatic rings. The van der Waals surface area contributed by atoms with E-state index in [0.717, 1.165) is 29.4 Å². The molecule has 1 aliphatic heterocycles. The van der Waals surface area contributed by atoms with Crippen molar-refractivity contribution in [2.75, 3.05) is 31.4 Å². The molecule has 0 radical (unpaired) electrons. The van der Waals surface area contributed by atoms with Crippen LogP contribution in [0.1, 0.15) is 19.3 Å². The largest absolute Gasteiger partial charge is 0.497 e. The van der Waals surface area contributed by atoms with Gasteiger partial charge in [-0.15, -0.1) is 0 Å². The van der Waals surface area contributed by atoms with Gasteiger partial charge in [-0.25, -0.2) is 0 Å². The third kappa shape index (κ3) is 2.80. The molecule has 94 valence electrons. The van der Waals surface area contributed by atoms with Gasteiger partial charge in [0.1, 0.15) is 5.75 Å². The van der Waals surface area contributed by atoms with Crippen molar-refractivity contribution in [2.45, 2.75) is 24.2 Å². The number of rotatable bonds is 3. The number of methoxy groups -OCH3 is 1. The van der Waals surface area contributed by atoms with Gasteiger partial charge in [-0.2, -0.15) is 0 Å². The second-order valence-electron chi connectivity index (χ2n) is 4.34. The van der Waals surface area contributed by atoms with Crippen LogP contribution >= 0.6 is 0 Å². The lowest BCUT2D eigenvalue weighted by Gasteiger charge is -2.30. The lowest BCUT2D eigenvalue weighted by atomic mass is 10.1. The van der Waals surface area contributed by atoms with Crippen molar-refractivity contribution in [3.8, 4) is 5.75 Å². The van der Waals surface area contributed by atoms with Crippen LogP contribution in [0, 0.1) is 0 Å². The Morgan fingerprint density at radius 2 is 1.94 bits per heavy atom. The van der Waals surface area contributed by atoms with Crippen molar-refractivity contribution < 1.29 is 8.95 Å². The van der Waals surface area contributed by atoms with Crippen LogP contribution in [-0.2, 0) is 10.8 Å². The van der Waals surface area contributed by atoms with E-state index in [1.807, 2.05) is 18.2 Å². The molecule has 1 heterocycles. The minimum Gasteiger partial charge on any atom is -0.497 e. The smallest absolute Gasteiger partial charge is 0.120 e. The van der Waals surface area contributed by atoms with Crippen LogP contribution in [0.15, 0.2) is 23.1 Å². The molecule has 1 aromatic rings. The van der Waals surface area contributed by atoms with Gasteiger partial charge in [0.15, 0.2) is 0 Å². The van der Waals surface area contributed by atoms with Crippen LogP contribution in [0.3, 0.4) is 0 Å². The molecule has 0 N–H and O–H groups in total. The number of ether oxygens (including phenoxy) is 1. The summed E-state index contributed by atoms with van der Waals surface area (Å²) in [5.74, 6) is 0.774. The number of benzene rings is 1. The molecule has 0 saturated carbocycles. The number of nitrogens with zero attached hydrogens (tertiary/aromatic N) is 1. The fourth-order valence-corrected chi connectivity index (χ4v) is 3.02. The minimum atomic E-state index is -0.976. The van der Waals surface area contributed by atoms with Crippen LogP contribution in [0.25, 0.3) is 0 Å². The van der Waals surface area contributed by atoms with E-state index < -0.39 is 10.8 Å². The Bertz CT molecular complexity index is 414. The van der Waals surface area contributed by atoms with Crippen molar-refractivity contribution in [1.82, 2.24) is 0 Å². The fraction of sp³-hybridized carbons (Fsp3) is 0.538. The molecular formula is C13H19NO2S. The second kappa shape index (κ2) is 5.54. The third-order valence-electron chi connectivity index (χ3n) is 3.17. The van der Waals surface area contributed by atoms with Crippen molar-refractivity contribution in [3.63, 3.8) is 0 Å². The van der Waals surface area contributed by atoms with Crippen LogP contribution in [0.4, 0.5) is 5.69 Å². The molecule has 2 rings (SSSR count). The lowest BCUT2D eigenvalue weighted by Crippen LogP contribution is -2.30. The van der Waals surface area contributed by atoms with Crippen LogP contribution in [0.5, 0.6) is 5.75 Å². The first-order chi connectivity index (χ1) is 8.22. The van der Waals surface area contributed by atoms with E-state index in [-0.39, 0.29) is 0 Å². The van der Waals surface area contributed by atoms with Crippen LogP contribution in [0.2, 0.25) is 0 Å². The van der Waals surface area contributed by atoms with E-state index in [4.69, 9.17) is 4.74 Å². The second-order valence-corrected chi connectivity index (χ2v) is 5.68. The van der Waals surface area contributed by atoms with E-state index >= 15 is 0 Å². The molecule has 0 aromatic heterocycles. The molecule has 0 bridgehead atoms. The van der Waals surface area contributed by atoms with Gasteiger partial charge >= 0.3 is 0 Å². The molecule has 0 aliphatic carbocycles. The molecule has 1 saturated heterocycles. The summed E-state index contributed by atoms with van der Waals surface area (Å²) in [6.45, 7) is 2.13. The summed E-state index contributed by atoms with van der Waals surface area (Å²) >= 11 is 0. The Kier molecular flexibility index (Phi) is 4.05. The highest BCUT2D eigenvalue weighted by Gasteiger charge is 2.16. The standard InChI is InChI=1S/C13H19NO2S/c1-16-11-6-7-12(13(10-11)17(2)15)14-8-4-3-5-9-14/h6-7,10H,3-5,8-9H2,1-2H3. The summed E-state index contributed by atoms with van der Waals surface area (Å²) in [6.07, 6.45) is 5.48. The van der Waals surface area contributed by atoms with Gasteiger partial charge in [-0.1, -0.05) is 0 Å². The highest BCUT2D eigenvalue weighted by Crippen LogP contribution is 2.29. The summed E-state index contributed by atoms with van der Waals surface area (Å²) in [5.41, 5.74) is 1.10. The van der Waals surface area contributed by atoms with Crippen molar-refractivity contribution in [3.05, 3.63) is 18.2 Å². The Morgan fingerprint density at radius 3 is 2.53 bits per heavy atom. The predicted octanol–water partition coefficient (Wildman–Crippen LogP) is 2.42. The average Bonchev–Trinajstić information content (AvgIpc) is 2.39. The Labute approximate surface area is 105 Å². The predicted molar refractivity (Wildman–Crippen MR) is 71.4 cm³/mol. The van der Waals surface area contributed by atoms with Gasteiger partial charge in [0, 0.05) is 19.3 Å². The van der Waals surface area contributed by atoms with E-state index in [1.165, 1.54) is 19.3 Å². The molecule has 4 heteroatoms. The number of anilines is 1. The van der Waals surface area contributed by atoms with E-state index in [1.54, 1.807) is 13.4 Å². The molecule has 1 unspecified atom stereocenters. The van der Waals surface area contributed by atoms with E-state index in [9.17, 15) is 4.21 Å².